The number of nitrogens with one attached hydrogen (secondary N) is 1. The molecule has 0 aliphatic rings. The van der Waals surface area contributed by atoms with Crippen molar-refractivity contribution in [1.82, 2.24) is 25.5 Å². The van der Waals surface area contributed by atoms with Crippen molar-refractivity contribution in [2.24, 2.45) is 0 Å². The molecule has 0 bridgehead atoms. The van der Waals surface area contributed by atoms with Crippen molar-refractivity contribution in [3.05, 3.63) is 102 Å². The molecule has 0 saturated heterocycles. The van der Waals surface area contributed by atoms with Crippen molar-refractivity contribution >= 4 is 5.91 Å². The van der Waals surface area contributed by atoms with E-state index in [0.717, 1.165) is 28.1 Å². The predicted octanol–water partition coefficient (Wildman–Crippen LogP) is 4.26. The average molecular weight is 437 g/mol. The number of nitrogens with zero attached hydrogens (tertiary/aromatic N) is 4. The number of amides is 1. The Labute approximate surface area is 181 Å². The summed E-state index contributed by atoms with van der Waals surface area (Å²) in [6.45, 7) is -0.234. The molecule has 3 aromatic carbocycles. The number of aromatic nitrogens is 4. The SMILES string of the molecule is O=C(Cn1nnc(-c2cccc(C(F)(F)F)c2)n1)NC(c1ccccc1)c1ccccc1. The molecular weight excluding hydrogens is 419 g/mol. The highest BCUT2D eigenvalue weighted by Gasteiger charge is 2.30. The van der Waals surface area contributed by atoms with Crippen LogP contribution in [0.25, 0.3) is 11.4 Å². The summed E-state index contributed by atoms with van der Waals surface area (Å²) in [7, 11) is 0. The van der Waals surface area contributed by atoms with Crippen LogP contribution in [0.15, 0.2) is 84.9 Å². The minimum Gasteiger partial charge on any atom is -0.344 e. The quantitative estimate of drug-likeness (QED) is 0.489. The van der Waals surface area contributed by atoms with Crippen molar-refractivity contribution in [1.29, 1.82) is 0 Å². The van der Waals surface area contributed by atoms with Gasteiger partial charge in [0.05, 0.1) is 11.6 Å². The third-order valence-electron chi connectivity index (χ3n) is 4.76. The zero-order chi connectivity index (χ0) is 22.6. The van der Waals surface area contributed by atoms with E-state index in [9.17, 15) is 18.0 Å². The lowest BCUT2D eigenvalue weighted by Crippen LogP contribution is -2.32. The summed E-state index contributed by atoms with van der Waals surface area (Å²) in [4.78, 5) is 13.8. The summed E-state index contributed by atoms with van der Waals surface area (Å²) < 4.78 is 38.8. The minimum absolute atomic E-state index is 0.00608. The average Bonchev–Trinajstić information content (AvgIpc) is 3.26. The molecule has 0 fully saturated rings. The van der Waals surface area contributed by atoms with E-state index in [0.29, 0.717) is 0 Å². The molecule has 1 aromatic heterocycles. The van der Waals surface area contributed by atoms with Gasteiger partial charge in [0, 0.05) is 5.56 Å². The molecule has 0 aliphatic carbocycles. The van der Waals surface area contributed by atoms with Gasteiger partial charge in [-0.15, -0.1) is 10.2 Å². The summed E-state index contributed by atoms with van der Waals surface area (Å²) in [5, 5.41) is 14.6. The Bertz CT molecular complexity index is 1150. The zero-order valence-corrected chi connectivity index (χ0v) is 16.7. The Morgan fingerprint density at radius 3 is 2.12 bits per heavy atom. The van der Waals surface area contributed by atoms with Gasteiger partial charge < -0.3 is 5.32 Å². The van der Waals surface area contributed by atoms with Crippen LogP contribution in [0.4, 0.5) is 13.2 Å². The number of tetrazole rings is 1. The standard InChI is InChI=1S/C23H18F3N5O/c24-23(25,26)19-13-7-12-18(14-19)22-28-30-31(29-22)15-20(32)27-21(16-8-3-1-4-9-16)17-10-5-2-6-11-17/h1-14,21H,15H2,(H,27,32). The molecule has 0 aliphatic heterocycles. The first-order valence-corrected chi connectivity index (χ1v) is 9.75. The lowest BCUT2D eigenvalue weighted by molar-refractivity contribution is -0.137. The van der Waals surface area contributed by atoms with E-state index in [1.807, 2.05) is 60.7 Å². The van der Waals surface area contributed by atoms with Gasteiger partial charge in [0.15, 0.2) is 0 Å². The van der Waals surface area contributed by atoms with Gasteiger partial charge in [0.2, 0.25) is 11.7 Å². The smallest absolute Gasteiger partial charge is 0.344 e. The first-order valence-electron chi connectivity index (χ1n) is 9.75. The molecule has 9 heteroatoms. The molecule has 0 spiro atoms. The van der Waals surface area contributed by atoms with Crippen LogP contribution in [0.5, 0.6) is 0 Å². The highest BCUT2D eigenvalue weighted by Crippen LogP contribution is 2.31. The molecule has 4 aromatic rings. The normalized spacial score (nSPS) is 11.5. The second kappa shape index (κ2) is 9.01. The minimum atomic E-state index is -4.48. The van der Waals surface area contributed by atoms with Gasteiger partial charge in [-0.1, -0.05) is 72.8 Å². The number of rotatable bonds is 6. The molecular formula is C23H18F3N5O. The van der Waals surface area contributed by atoms with E-state index in [1.54, 1.807) is 0 Å². The summed E-state index contributed by atoms with van der Waals surface area (Å²) in [5.41, 5.74) is 1.17. The molecule has 0 unspecified atom stereocenters. The van der Waals surface area contributed by atoms with Crippen LogP contribution in [-0.2, 0) is 17.5 Å². The highest BCUT2D eigenvalue weighted by atomic mass is 19.4. The van der Waals surface area contributed by atoms with Crippen LogP contribution < -0.4 is 5.32 Å². The molecule has 0 saturated carbocycles. The van der Waals surface area contributed by atoms with Crippen molar-refractivity contribution in [3.8, 4) is 11.4 Å². The number of carbonyl (C=O) groups is 1. The van der Waals surface area contributed by atoms with Gasteiger partial charge >= 0.3 is 6.18 Å². The maximum absolute atomic E-state index is 12.9. The van der Waals surface area contributed by atoms with Crippen molar-refractivity contribution < 1.29 is 18.0 Å². The van der Waals surface area contributed by atoms with E-state index in [-0.39, 0.29) is 29.9 Å². The second-order valence-electron chi connectivity index (χ2n) is 7.04. The Morgan fingerprint density at radius 2 is 1.53 bits per heavy atom. The lowest BCUT2D eigenvalue weighted by Gasteiger charge is -2.19. The van der Waals surface area contributed by atoms with E-state index >= 15 is 0 Å². The highest BCUT2D eigenvalue weighted by molar-refractivity contribution is 5.76. The van der Waals surface area contributed by atoms with E-state index in [4.69, 9.17) is 0 Å². The summed E-state index contributed by atoms with van der Waals surface area (Å²) in [6.07, 6.45) is -4.48. The van der Waals surface area contributed by atoms with Crippen LogP contribution in [-0.4, -0.2) is 26.1 Å². The molecule has 6 nitrogen and oxygen atoms in total. The van der Waals surface area contributed by atoms with E-state index in [1.165, 1.54) is 12.1 Å². The van der Waals surface area contributed by atoms with E-state index in [2.05, 4.69) is 20.7 Å². The summed E-state index contributed by atoms with van der Waals surface area (Å²) in [6, 6.07) is 23.2. The second-order valence-corrected chi connectivity index (χ2v) is 7.04. The fraction of sp³-hybridized carbons (Fsp3) is 0.130. The van der Waals surface area contributed by atoms with Crippen molar-refractivity contribution in [2.45, 2.75) is 18.8 Å². The van der Waals surface area contributed by atoms with Crippen LogP contribution in [0.2, 0.25) is 0 Å². The molecule has 4 rings (SSSR count). The molecule has 1 amide bonds. The summed E-state index contributed by atoms with van der Waals surface area (Å²) >= 11 is 0. The van der Waals surface area contributed by atoms with Crippen LogP contribution in [0, 0.1) is 0 Å². The third kappa shape index (κ3) is 5.00. The number of hydrogen-bond donors (Lipinski definition) is 1. The Morgan fingerprint density at radius 1 is 0.906 bits per heavy atom. The Hall–Kier alpha value is -4.01. The van der Waals surface area contributed by atoms with Gasteiger partial charge in [-0.25, -0.2) is 0 Å². The molecule has 0 radical (unpaired) electrons. The Kier molecular flexibility index (Phi) is 5.98. The number of benzene rings is 3. The maximum atomic E-state index is 12.9. The maximum Gasteiger partial charge on any atom is 0.416 e. The van der Waals surface area contributed by atoms with Crippen molar-refractivity contribution in [3.63, 3.8) is 0 Å². The van der Waals surface area contributed by atoms with Crippen LogP contribution in [0.1, 0.15) is 22.7 Å². The van der Waals surface area contributed by atoms with Crippen LogP contribution >= 0.6 is 0 Å². The van der Waals surface area contributed by atoms with Crippen LogP contribution in [0.3, 0.4) is 0 Å². The topological polar surface area (TPSA) is 72.7 Å². The fourth-order valence-corrected chi connectivity index (χ4v) is 3.25. The van der Waals surface area contributed by atoms with E-state index < -0.39 is 11.7 Å². The number of carbonyl (C=O) groups excluding carboxylic acids is 1. The van der Waals surface area contributed by atoms with Crippen molar-refractivity contribution in [2.75, 3.05) is 0 Å². The summed E-state index contributed by atoms with van der Waals surface area (Å²) in [5.74, 6) is -0.359. The largest absolute Gasteiger partial charge is 0.416 e. The van der Waals surface area contributed by atoms with Gasteiger partial charge in [-0.3, -0.25) is 4.79 Å². The third-order valence-corrected chi connectivity index (χ3v) is 4.76. The monoisotopic (exact) mass is 437 g/mol. The zero-order valence-electron chi connectivity index (χ0n) is 16.7. The van der Waals surface area contributed by atoms with Gasteiger partial charge in [0.25, 0.3) is 0 Å². The molecule has 32 heavy (non-hydrogen) atoms. The first kappa shape index (κ1) is 21.2. The lowest BCUT2D eigenvalue weighted by atomic mass is 9.99. The number of halogens is 3. The number of alkyl halides is 3. The molecule has 1 heterocycles. The molecule has 1 N–H and O–H groups in total. The van der Waals surface area contributed by atoms with Gasteiger partial charge in [0.1, 0.15) is 6.54 Å². The predicted molar refractivity (Wildman–Crippen MR) is 111 cm³/mol. The number of hydrogen-bond acceptors (Lipinski definition) is 4. The van der Waals surface area contributed by atoms with Gasteiger partial charge in [-0.2, -0.15) is 18.0 Å². The van der Waals surface area contributed by atoms with Gasteiger partial charge in [-0.05, 0) is 28.5 Å². The fourth-order valence-electron chi connectivity index (χ4n) is 3.25. The first-order chi connectivity index (χ1) is 15.4. The Balaban J connectivity index is 1.50. The molecule has 162 valence electrons. The molecule has 0 atom stereocenters.